The number of aromatic nitrogens is 1. The number of hydrogen-bond donors (Lipinski definition) is 1. The molecule has 0 aliphatic carbocycles. The van der Waals surface area contributed by atoms with Crippen LogP contribution in [0.2, 0.25) is 0 Å². The van der Waals surface area contributed by atoms with Crippen LogP contribution in [0.1, 0.15) is 27.1 Å². The molecule has 0 spiro atoms. The van der Waals surface area contributed by atoms with Crippen molar-refractivity contribution in [2.75, 3.05) is 30.9 Å². The second kappa shape index (κ2) is 6.72. The van der Waals surface area contributed by atoms with Gasteiger partial charge in [-0.25, -0.2) is 4.98 Å². The van der Waals surface area contributed by atoms with E-state index < -0.39 is 0 Å². The lowest BCUT2D eigenvalue weighted by Gasteiger charge is -2.14. The summed E-state index contributed by atoms with van der Waals surface area (Å²) in [6, 6.07) is 10.2. The topological polar surface area (TPSA) is 82.6 Å². The van der Waals surface area contributed by atoms with Crippen molar-refractivity contribution < 1.29 is 14.4 Å². The Labute approximate surface area is 145 Å². The average molecular weight is 338 g/mol. The number of fused-ring (bicyclic) bond motifs is 1. The van der Waals surface area contributed by atoms with E-state index in [1.54, 1.807) is 42.6 Å². The van der Waals surface area contributed by atoms with Crippen LogP contribution in [0, 0.1) is 0 Å². The van der Waals surface area contributed by atoms with E-state index in [2.05, 4.69) is 10.3 Å². The lowest BCUT2D eigenvalue weighted by Crippen LogP contribution is -2.32. The minimum atomic E-state index is -0.356. The highest BCUT2D eigenvalue weighted by molar-refractivity contribution is 6.21. The molecule has 0 bridgehead atoms. The number of rotatable bonds is 5. The van der Waals surface area contributed by atoms with Crippen molar-refractivity contribution in [3.8, 4) is 0 Å². The molecule has 1 aliphatic heterocycles. The maximum Gasteiger partial charge on any atom is 0.261 e. The molecule has 1 aromatic carbocycles. The summed E-state index contributed by atoms with van der Waals surface area (Å²) in [4.78, 5) is 43.7. The van der Waals surface area contributed by atoms with Gasteiger partial charge in [0.2, 0.25) is 5.91 Å². The fourth-order valence-electron chi connectivity index (χ4n) is 2.60. The summed E-state index contributed by atoms with van der Waals surface area (Å²) in [6.07, 6.45) is 1.59. The first-order valence-corrected chi connectivity index (χ1v) is 7.86. The van der Waals surface area contributed by atoms with Crippen molar-refractivity contribution in [3.05, 3.63) is 53.7 Å². The van der Waals surface area contributed by atoms with Gasteiger partial charge in [0, 0.05) is 27.1 Å². The minimum Gasteiger partial charge on any atom is -0.363 e. The molecular weight excluding hydrogens is 320 g/mol. The molecule has 0 saturated heterocycles. The van der Waals surface area contributed by atoms with E-state index in [0.717, 1.165) is 10.7 Å². The third-order valence-electron chi connectivity index (χ3n) is 3.93. The van der Waals surface area contributed by atoms with Crippen LogP contribution < -0.4 is 10.2 Å². The zero-order valence-electron chi connectivity index (χ0n) is 14.0. The molecule has 0 radical (unpaired) electrons. The molecule has 1 aliphatic rings. The lowest BCUT2D eigenvalue weighted by molar-refractivity contribution is -0.116. The average Bonchev–Trinajstić information content (AvgIpc) is 2.85. The predicted molar refractivity (Wildman–Crippen MR) is 93.6 cm³/mol. The zero-order chi connectivity index (χ0) is 18.0. The first kappa shape index (κ1) is 16.6. The highest BCUT2D eigenvalue weighted by Crippen LogP contribution is 2.22. The van der Waals surface area contributed by atoms with Crippen molar-refractivity contribution in [2.24, 2.45) is 0 Å². The number of carbonyl (C=O) groups is 3. The smallest absolute Gasteiger partial charge is 0.261 e. The van der Waals surface area contributed by atoms with Gasteiger partial charge in [-0.2, -0.15) is 0 Å². The normalized spacial score (nSPS) is 13.0. The van der Waals surface area contributed by atoms with Crippen LogP contribution in [-0.2, 0) is 4.79 Å². The number of pyridine rings is 1. The van der Waals surface area contributed by atoms with Crippen LogP contribution in [0.25, 0.3) is 0 Å². The van der Waals surface area contributed by atoms with Crippen LogP contribution >= 0.6 is 0 Å². The van der Waals surface area contributed by atoms with E-state index in [1.807, 2.05) is 19.0 Å². The van der Waals surface area contributed by atoms with Crippen LogP contribution in [0.5, 0.6) is 0 Å². The van der Waals surface area contributed by atoms with E-state index in [1.165, 1.54) is 0 Å². The lowest BCUT2D eigenvalue weighted by atomic mass is 10.1. The van der Waals surface area contributed by atoms with E-state index >= 15 is 0 Å². The molecule has 2 aromatic rings. The van der Waals surface area contributed by atoms with Gasteiger partial charge in [-0.15, -0.1) is 0 Å². The van der Waals surface area contributed by atoms with Gasteiger partial charge in [0.05, 0.1) is 23.0 Å². The maximum absolute atomic E-state index is 12.2. The first-order valence-electron chi connectivity index (χ1n) is 7.86. The van der Waals surface area contributed by atoms with E-state index in [-0.39, 0.29) is 30.7 Å². The Morgan fingerprint density at radius 2 is 1.72 bits per heavy atom. The Balaban J connectivity index is 1.58. The van der Waals surface area contributed by atoms with Crippen molar-refractivity contribution in [1.29, 1.82) is 0 Å². The molecule has 25 heavy (non-hydrogen) atoms. The molecule has 3 amide bonds. The summed E-state index contributed by atoms with van der Waals surface area (Å²) in [7, 11) is 3.76. The van der Waals surface area contributed by atoms with Gasteiger partial charge in [0.15, 0.2) is 0 Å². The molecule has 0 saturated carbocycles. The molecule has 2 heterocycles. The van der Waals surface area contributed by atoms with Gasteiger partial charge >= 0.3 is 0 Å². The Bertz CT molecular complexity index is 795. The number of benzene rings is 1. The second-order valence-electron chi connectivity index (χ2n) is 5.91. The van der Waals surface area contributed by atoms with Gasteiger partial charge in [-0.05, 0) is 24.3 Å². The highest BCUT2D eigenvalue weighted by Gasteiger charge is 2.34. The molecule has 0 unspecified atom stereocenters. The summed E-state index contributed by atoms with van der Waals surface area (Å²) in [5.74, 6) is -0.212. The molecule has 1 aromatic heterocycles. The van der Waals surface area contributed by atoms with Gasteiger partial charge in [0.1, 0.15) is 5.82 Å². The fraction of sp³-hybridized carbons (Fsp3) is 0.222. The molecular formula is C18H18N4O3. The third kappa shape index (κ3) is 3.35. The zero-order valence-corrected chi connectivity index (χ0v) is 14.0. The summed E-state index contributed by atoms with van der Waals surface area (Å²) >= 11 is 0. The quantitative estimate of drug-likeness (QED) is 0.840. The third-order valence-corrected chi connectivity index (χ3v) is 3.93. The molecule has 0 fully saturated rings. The minimum absolute atomic E-state index is 0.0287. The van der Waals surface area contributed by atoms with Gasteiger partial charge in [-0.1, -0.05) is 12.1 Å². The van der Waals surface area contributed by atoms with E-state index in [9.17, 15) is 14.4 Å². The maximum atomic E-state index is 12.2. The molecule has 3 rings (SSSR count). The predicted octanol–water partition coefficient (Wildman–Crippen LogP) is 1.77. The van der Waals surface area contributed by atoms with Crippen LogP contribution in [0.4, 0.5) is 11.5 Å². The number of carbonyl (C=O) groups excluding carboxylic acids is 3. The molecule has 0 atom stereocenters. The van der Waals surface area contributed by atoms with Gasteiger partial charge < -0.3 is 10.2 Å². The Morgan fingerprint density at radius 1 is 1.08 bits per heavy atom. The number of amides is 3. The molecule has 1 N–H and O–H groups in total. The van der Waals surface area contributed by atoms with E-state index in [0.29, 0.717) is 16.8 Å². The van der Waals surface area contributed by atoms with Crippen molar-refractivity contribution in [1.82, 2.24) is 9.88 Å². The highest BCUT2D eigenvalue weighted by atomic mass is 16.2. The molecule has 7 heteroatoms. The van der Waals surface area contributed by atoms with Crippen LogP contribution in [-0.4, -0.2) is 48.2 Å². The first-order chi connectivity index (χ1) is 12.0. The van der Waals surface area contributed by atoms with Crippen molar-refractivity contribution in [3.63, 3.8) is 0 Å². The number of hydrogen-bond acceptors (Lipinski definition) is 5. The van der Waals surface area contributed by atoms with Crippen LogP contribution in [0.15, 0.2) is 42.6 Å². The summed E-state index contributed by atoms with van der Waals surface area (Å²) < 4.78 is 0. The summed E-state index contributed by atoms with van der Waals surface area (Å²) in [5.41, 5.74) is 1.34. The summed E-state index contributed by atoms with van der Waals surface area (Å²) in [5, 5.41) is 2.71. The second-order valence-corrected chi connectivity index (χ2v) is 5.91. The standard InChI is InChI=1S/C18H18N4O3/c1-21(2)15-8-7-12(11-19-15)20-16(23)9-10-22-17(24)13-5-3-4-6-14(13)18(22)25/h3-8,11H,9-10H2,1-2H3,(H,20,23). The largest absolute Gasteiger partial charge is 0.363 e. The number of anilines is 2. The SMILES string of the molecule is CN(C)c1ccc(NC(=O)CCN2C(=O)c3ccccc3C2=O)cn1. The number of nitrogens with one attached hydrogen (secondary N) is 1. The summed E-state index contributed by atoms with van der Waals surface area (Å²) in [6.45, 7) is 0.0430. The van der Waals surface area contributed by atoms with Crippen LogP contribution in [0.3, 0.4) is 0 Å². The fourth-order valence-corrected chi connectivity index (χ4v) is 2.60. The van der Waals surface area contributed by atoms with Gasteiger partial charge in [-0.3, -0.25) is 19.3 Å². The van der Waals surface area contributed by atoms with E-state index in [4.69, 9.17) is 0 Å². The van der Waals surface area contributed by atoms with Crippen molar-refractivity contribution >= 4 is 29.2 Å². The van der Waals surface area contributed by atoms with Gasteiger partial charge in [0.25, 0.3) is 11.8 Å². The Morgan fingerprint density at radius 3 is 2.24 bits per heavy atom. The van der Waals surface area contributed by atoms with Crippen molar-refractivity contribution in [2.45, 2.75) is 6.42 Å². The number of nitrogens with zero attached hydrogens (tertiary/aromatic N) is 3. The Hall–Kier alpha value is -3.22. The monoisotopic (exact) mass is 338 g/mol. The number of imide groups is 1. The Kier molecular flexibility index (Phi) is 4.47. The molecule has 128 valence electrons. The molecule has 7 nitrogen and oxygen atoms in total.